The summed E-state index contributed by atoms with van der Waals surface area (Å²) in [6.45, 7) is 8.56. The summed E-state index contributed by atoms with van der Waals surface area (Å²) in [5, 5.41) is 0. The van der Waals surface area contributed by atoms with E-state index in [0.717, 1.165) is 0 Å². The fourth-order valence-electron chi connectivity index (χ4n) is 0.733. The summed E-state index contributed by atoms with van der Waals surface area (Å²) < 4.78 is 0. The van der Waals surface area contributed by atoms with Crippen LogP contribution in [-0.4, -0.2) is 0 Å². The van der Waals surface area contributed by atoms with Gasteiger partial charge in [-0.2, -0.15) is 0 Å². The molecule has 0 aromatic carbocycles. The molecule has 68 valence electrons. The second-order valence-electron chi connectivity index (χ2n) is 2.96. The minimum Gasteiger partial charge on any atom is -1.00 e. The molecule has 0 amide bonds. The van der Waals surface area contributed by atoms with Gasteiger partial charge in [0.1, 0.15) is 0 Å². The molecule has 0 N–H and O–H groups in total. The number of halogens is 1. The monoisotopic (exact) mass is 281 g/mol. The van der Waals surface area contributed by atoms with E-state index in [2.05, 4.69) is 39.8 Å². The van der Waals surface area contributed by atoms with Crippen LogP contribution in [0, 0.1) is 0 Å². The van der Waals surface area contributed by atoms with Gasteiger partial charge in [-0.3, -0.25) is 0 Å². The third kappa shape index (κ3) is 13.2. The number of hydrogen-bond acceptors (Lipinski definition) is 0. The van der Waals surface area contributed by atoms with Crippen molar-refractivity contribution in [1.82, 2.24) is 0 Å². The van der Waals surface area contributed by atoms with Crippen molar-refractivity contribution in [3.05, 3.63) is 23.3 Å². The first-order valence-corrected chi connectivity index (χ1v) is 3.92. The van der Waals surface area contributed by atoms with Crippen LogP contribution in [0.25, 0.3) is 0 Å². The molecule has 0 fully saturated rings. The van der Waals surface area contributed by atoms with E-state index in [9.17, 15) is 0 Å². The predicted octanol–water partition coefficient (Wildman–Crippen LogP) is 0.700. The Labute approximate surface area is 100 Å². The van der Waals surface area contributed by atoms with Gasteiger partial charge in [-0.05, 0) is 40.5 Å². The Kier molecular flexibility index (Phi) is 17.7. The van der Waals surface area contributed by atoms with Crippen molar-refractivity contribution in [2.75, 3.05) is 0 Å². The first-order valence-electron chi connectivity index (χ1n) is 3.92. The van der Waals surface area contributed by atoms with Crippen molar-refractivity contribution in [3.63, 3.8) is 0 Å². The fourth-order valence-corrected chi connectivity index (χ4v) is 0.733. The Balaban J connectivity index is -0.000000405. The molecule has 0 spiro atoms. The summed E-state index contributed by atoms with van der Waals surface area (Å²) >= 11 is 0. The van der Waals surface area contributed by atoms with E-state index in [4.69, 9.17) is 0 Å². The molecule has 2 heteroatoms. The zero-order valence-corrected chi connectivity index (χ0v) is 13.2. The van der Waals surface area contributed by atoms with E-state index in [1.165, 1.54) is 24.0 Å². The van der Waals surface area contributed by atoms with E-state index in [1.807, 2.05) is 0 Å². The summed E-state index contributed by atoms with van der Waals surface area (Å²) in [6, 6.07) is 0. The van der Waals surface area contributed by atoms with Crippen LogP contribution in [0.3, 0.4) is 0 Å². The average molecular weight is 284 g/mol. The summed E-state index contributed by atoms with van der Waals surface area (Å²) in [4.78, 5) is 0. The van der Waals surface area contributed by atoms with Crippen LogP contribution >= 0.6 is 0 Å². The number of hydrogen-bond donors (Lipinski definition) is 0. The molecule has 0 aliphatic carbocycles. The van der Waals surface area contributed by atoms with E-state index in [1.54, 1.807) is 0 Å². The molecule has 0 bridgehead atoms. The van der Waals surface area contributed by atoms with Crippen LogP contribution in [0.1, 0.15) is 40.5 Å². The Morgan fingerprint density at radius 2 is 1.67 bits per heavy atom. The molecule has 0 atom stereocenters. The summed E-state index contributed by atoms with van der Waals surface area (Å²) in [5.41, 5.74) is 2.90. The molecule has 0 aromatic heterocycles. The molecular weight excluding hydrogens is 265 g/mol. The third-order valence-electron chi connectivity index (χ3n) is 1.58. The average Bonchev–Trinajstić information content (AvgIpc) is 1.87. The first kappa shape index (κ1) is 18.4. The van der Waals surface area contributed by atoms with Gasteiger partial charge in [-0.1, -0.05) is 23.3 Å². The third-order valence-corrected chi connectivity index (χ3v) is 1.58. The summed E-state index contributed by atoms with van der Waals surface area (Å²) in [6.07, 6.45) is 6.87. The molecule has 0 heterocycles. The van der Waals surface area contributed by atoms with Gasteiger partial charge < -0.3 is 17.0 Å². The van der Waals surface area contributed by atoms with Crippen LogP contribution in [0.4, 0.5) is 0 Å². The van der Waals surface area contributed by atoms with Gasteiger partial charge in [0.05, 0.1) is 0 Å². The molecule has 0 radical (unpaired) electrons. The van der Waals surface area contributed by atoms with Gasteiger partial charge in [0, 0.05) is 19.5 Å². The van der Waals surface area contributed by atoms with Crippen LogP contribution in [-0.2, 0) is 19.5 Å². The molecule has 0 saturated heterocycles. The summed E-state index contributed by atoms with van der Waals surface area (Å²) in [7, 11) is 0. The van der Waals surface area contributed by atoms with Crippen LogP contribution in [0.2, 0.25) is 0 Å². The maximum Gasteiger partial charge on any atom is 0 e. The quantitative estimate of drug-likeness (QED) is 0.528. The standard InChI is InChI=1S/C10H18.BrH.Zn/c1-5-10(4)8-6-7-9(2)3;;/h5,7H,6,8H2,1-4H3;1H;/p-1/b10-5-;;. The molecule has 12 heavy (non-hydrogen) atoms. The zero-order valence-electron chi connectivity index (χ0n) is 8.65. The molecular formula is C10H18BrZn-. The van der Waals surface area contributed by atoms with E-state index in [-0.39, 0.29) is 36.5 Å². The number of rotatable bonds is 3. The van der Waals surface area contributed by atoms with Crippen LogP contribution in [0.15, 0.2) is 23.3 Å². The Hall–Kier alpha value is 0.583. The van der Waals surface area contributed by atoms with Gasteiger partial charge in [-0.15, -0.1) is 0 Å². The van der Waals surface area contributed by atoms with Gasteiger partial charge in [-0.25, -0.2) is 0 Å². The van der Waals surface area contributed by atoms with Gasteiger partial charge in [0.2, 0.25) is 0 Å². The van der Waals surface area contributed by atoms with Crippen molar-refractivity contribution in [3.8, 4) is 0 Å². The van der Waals surface area contributed by atoms with Gasteiger partial charge in [0.25, 0.3) is 0 Å². The SMILES string of the molecule is C/C=C(/C)CCC=C(C)C.[Br-].[Zn]. The minimum absolute atomic E-state index is 0. The predicted molar refractivity (Wildman–Crippen MR) is 48.1 cm³/mol. The van der Waals surface area contributed by atoms with Gasteiger partial charge >= 0.3 is 0 Å². The molecule has 0 aliphatic rings. The van der Waals surface area contributed by atoms with Crippen molar-refractivity contribution in [2.45, 2.75) is 40.5 Å². The maximum absolute atomic E-state index is 2.28. The molecule has 0 aromatic rings. The molecule has 0 nitrogen and oxygen atoms in total. The Morgan fingerprint density at radius 3 is 2.00 bits per heavy atom. The molecule has 0 saturated carbocycles. The van der Waals surface area contributed by atoms with Crippen molar-refractivity contribution in [2.24, 2.45) is 0 Å². The van der Waals surface area contributed by atoms with Crippen molar-refractivity contribution in [1.29, 1.82) is 0 Å². The largest absolute Gasteiger partial charge is 1.00 e. The van der Waals surface area contributed by atoms with Crippen LogP contribution < -0.4 is 17.0 Å². The van der Waals surface area contributed by atoms with Crippen LogP contribution in [0.5, 0.6) is 0 Å². The Bertz CT molecular complexity index is 144. The maximum atomic E-state index is 2.28. The normalized spacial score (nSPS) is 9.50. The van der Waals surface area contributed by atoms with E-state index in [0.29, 0.717) is 0 Å². The number of allylic oxidation sites excluding steroid dienone is 4. The first-order chi connectivity index (χ1) is 4.66. The second-order valence-corrected chi connectivity index (χ2v) is 2.96. The zero-order chi connectivity index (χ0) is 7.98. The minimum atomic E-state index is 0. The second kappa shape index (κ2) is 11.6. The van der Waals surface area contributed by atoms with Gasteiger partial charge in [0.15, 0.2) is 0 Å². The van der Waals surface area contributed by atoms with Crippen molar-refractivity contribution < 1.29 is 36.5 Å². The molecule has 0 unspecified atom stereocenters. The Morgan fingerprint density at radius 1 is 1.17 bits per heavy atom. The molecule has 0 aliphatic heterocycles. The molecule has 0 rings (SSSR count). The fraction of sp³-hybridized carbons (Fsp3) is 0.600. The summed E-state index contributed by atoms with van der Waals surface area (Å²) in [5.74, 6) is 0. The van der Waals surface area contributed by atoms with E-state index < -0.39 is 0 Å². The smallest absolute Gasteiger partial charge is 0 e. The topological polar surface area (TPSA) is 0 Å². The van der Waals surface area contributed by atoms with E-state index >= 15 is 0 Å². The van der Waals surface area contributed by atoms with Crippen molar-refractivity contribution >= 4 is 0 Å².